The molecule has 3 unspecified atom stereocenters. The molecular weight excluding hydrogens is 776 g/mol. The third kappa shape index (κ3) is 45.7. The van der Waals surface area contributed by atoms with Crippen molar-refractivity contribution in [1.82, 2.24) is 0 Å². The Morgan fingerprint density at radius 2 is 0.900 bits per heavy atom. The fraction of sp³-hybridized carbons (Fsp3) is 0.780. The van der Waals surface area contributed by atoms with E-state index in [0.29, 0.717) is 13.0 Å². The van der Waals surface area contributed by atoms with E-state index in [1.54, 1.807) is 0 Å². The number of carbonyl (C=O) groups is 1. The normalized spacial score (nSPS) is 14.4. The van der Waals surface area contributed by atoms with Crippen molar-refractivity contribution in [3.63, 3.8) is 0 Å². The van der Waals surface area contributed by atoms with Gasteiger partial charge in [0.25, 0.3) is 0 Å². The second-order valence-corrected chi connectivity index (χ2v) is 17.6. The van der Waals surface area contributed by atoms with Gasteiger partial charge in [0.05, 0.1) is 26.4 Å². The molecule has 0 saturated carbocycles. The van der Waals surface area contributed by atoms with Gasteiger partial charge in [0, 0.05) is 13.0 Å². The molecule has 0 amide bonds. The van der Waals surface area contributed by atoms with Gasteiger partial charge in [-0.2, -0.15) is 0 Å². The predicted molar refractivity (Wildman–Crippen MR) is 251 cm³/mol. The molecule has 0 fully saturated rings. The predicted octanol–water partition coefficient (Wildman–Crippen LogP) is 13.9. The number of ether oxygens (including phenoxy) is 2. The molecule has 0 aromatic rings. The van der Waals surface area contributed by atoms with Gasteiger partial charge in [-0.05, 0) is 83.5 Å². The Labute approximate surface area is 368 Å². The lowest BCUT2D eigenvalue weighted by Crippen LogP contribution is -2.29. The van der Waals surface area contributed by atoms with Crippen molar-refractivity contribution in [2.75, 3.05) is 33.0 Å². The lowest BCUT2D eigenvalue weighted by molar-refractivity contribution is -0.154. The number of phosphoric ester groups is 1. The third-order valence-corrected chi connectivity index (χ3v) is 11.1. The highest BCUT2D eigenvalue weighted by Crippen LogP contribution is 2.43. The number of hydrogen-bond donors (Lipinski definition) is 3. The van der Waals surface area contributed by atoms with Crippen LogP contribution in [0.25, 0.3) is 0 Å². The molecule has 0 rings (SSSR count). The first-order valence-electron chi connectivity index (χ1n) is 24.3. The van der Waals surface area contributed by atoms with Crippen molar-refractivity contribution in [2.24, 2.45) is 0 Å². The van der Waals surface area contributed by atoms with E-state index in [0.717, 1.165) is 70.6 Å². The molecule has 0 aromatic heterocycles. The Hall–Kier alpha value is -1.84. The molecule has 3 N–H and O–H groups in total. The molecule has 350 valence electrons. The number of allylic oxidation sites excluding steroid dienone is 10. The largest absolute Gasteiger partial charge is 0.472 e. The van der Waals surface area contributed by atoms with E-state index in [4.69, 9.17) is 23.6 Å². The van der Waals surface area contributed by atoms with Gasteiger partial charge < -0.3 is 24.6 Å². The quantitative estimate of drug-likeness (QED) is 0.0237. The lowest BCUT2D eigenvalue weighted by atomic mass is 10.1. The first-order chi connectivity index (χ1) is 29.3. The molecule has 60 heavy (non-hydrogen) atoms. The summed E-state index contributed by atoms with van der Waals surface area (Å²) >= 11 is 0. The third-order valence-electron chi connectivity index (χ3n) is 10.2. The number of hydrogen-bond acceptors (Lipinski definition) is 8. The summed E-state index contributed by atoms with van der Waals surface area (Å²) in [6, 6.07) is 0. The molecule has 0 aliphatic carbocycles. The van der Waals surface area contributed by atoms with Gasteiger partial charge in [0.1, 0.15) is 12.2 Å². The van der Waals surface area contributed by atoms with Gasteiger partial charge in [0.2, 0.25) is 0 Å². The highest BCUT2D eigenvalue weighted by molar-refractivity contribution is 7.47. The molecule has 0 aromatic carbocycles. The summed E-state index contributed by atoms with van der Waals surface area (Å²) in [4.78, 5) is 22.6. The van der Waals surface area contributed by atoms with Crippen LogP contribution in [0, 0.1) is 0 Å². The SMILES string of the molecule is CCCCC/C=C\C/C=C\CCCCCCCCCC(=O)OC(COCCCCCCCCC/C=C\C/C=C\C/C=C\CCCCCCC)COP(=O)(O)OCC(O)CO. The highest BCUT2D eigenvalue weighted by atomic mass is 31.2. The highest BCUT2D eigenvalue weighted by Gasteiger charge is 2.26. The summed E-state index contributed by atoms with van der Waals surface area (Å²) in [5, 5.41) is 18.4. The molecule has 3 atom stereocenters. The zero-order valence-corrected chi connectivity index (χ0v) is 39.3. The van der Waals surface area contributed by atoms with Gasteiger partial charge in [-0.25, -0.2) is 4.57 Å². The maximum Gasteiger partial charge on any atom is 0.472 e. The van der Waals surface area contributed by atoms with Crippen molar-refractivity contribution in [3.05, 3.63) is 60.8 Å². The van der Waals surface area contributed by atoms with Crippen molar-refractivity contribution in [1.29, 1.82) is 0 Å². The van der Waals surface area contributed by atoms with E-state index in [-0.39, 0.29) is 19.6 Å². The molecule has 0 saturated heterocycles. The average molecular weight is 867 g/mol. The summed E-state index contributed by atoms with van der Waals surface area (Å²) in [7, 11) is -4.53. The van der Waals surface area contributed by atoms with Crippen molar-refractivity contribution >= 4 is 13.8 Å². The van der Waals surface area contributed by atoms with Gasteiger partial charge in [-0.15, -0.1) is 0 Å². The van der Waals surface area contributed by atoms with E-state index >= 15 is 0 Å². The van der Waals surface area contributed by atoms with Crippen LogP contribution in [0.15, 0.2) is 60.8 Å². The van der Waals surface area contributed by atoms with Gasteiger partial charge in [0.15, 0.2) is 0 Å². The zero-order chi connectivity index (χ0) is 43.9. The summed E-state index contributed by atoms with van der Waals surface area (Å²) in [5.41, 5.74) is 0. The van der Waals surface area contributed by atoms with Crippen LogP contribution < -0.4 is 0 Å². The van der Waals surface area contributed by atoms with Crippen LogP contribution in [-0.4, -0.2) is 66.3 Å². The molecule has 0 aliphatic heterocycles. The fourth-order valence-electron chi connectivity index (χ4n) is 6.45. The van der Waals surface area contributed by atoms with Crippen molar-refractivity contribution in [3.8, 4) is 0 Å². The number of aliphatic hydroxyl groups is 2. The minimum atomic E-state index is -4.53. The van der Waals surface area contributed by atoms with E-state index in [1.807, 2.05) is 0 Å². The van der Waals surface area contributed by atoms with Crippen LogP contribution in [0.4, 0.5) is 0 Å². The number of phosphoric acid groups is 1. The van der Waals surface area contributed by atoms with Crippen LogP contribution in [0.1, 0.15) is 206 Å². The Kier molecular flexibility index (Phi) is 45.2. The van der Waals surface area contributed by atoms with Crippen LogP contribution >= 0.6 is 7.82 Å². The van der Waals surface area contributed by atoms with Crippen molar-refractivity contribution < 1.29 is 43.0 Å². The van der Waals surface area contributed by atoms with Crippen LogP contribution in [0.5, 0.6) is 0 Å². The molecule has 10 heteroatoms. The Bertz CT molecular complexity index is 1120. The maximum absolute atomic E-state index is 12.7. The minimum absolute atomic E-state index is 0.0373. The molecule has 0 radical (unpaired) electrons. The molecule has 0 aliphatic rings. The Balaban J connectivity index is 4.15. The van der Waals surface area contributed by atoms with Crippen molar-refractivity contribution in [2.45, 2.75) is 219 Å². The Morgan fingerprint density at radius 1 is 0.517 bits per heavy atom. The number of esters is 1. The monoisotopic (exact) mass is 867 g/mol. The first kappa shape index (κ1) is 58.2. The number of unbranched alkanes of at least 4 members (excludes halogenated alkanes) is 22. The lowest BCUT2D eigenvalue weighted by Gasteiger charge is -2.20. The van der Waals surface area contributed by atoms with Crippen LogP contribution in [0.3, 0.4) is 0 Å². The zero-order valence-electron chi connectivity index (χ0n) is 38.4. The number of aliphatic hydroxyl groups excluding tert-OH is 2. The summed E-state index contributed by atoms with van der Waals surface area (Å²) in [5.74, 6) is -0.395. The fourth-order valence-corrected chi connectivity index (χ4v) is 7.24. The molecule has 0 spiro atoms. The summed E-state index contributed by atoms with van der Waals surface area (Å²) in [6.07, 6.45) is 54.6. The van der Waals surface area contributed by atoms with Gasteiger partial charge in [-0.3, -0.25) is 13.8 Å². The van der Waals surface area contributed by atoms with Crippen LogP contribution in [0.2, 0.25) is 0 Å². The first-order valence-corrected chi connectivity index (χ1v) is 25.8. The molecular formula is C50H91O9P. The summed E-state index contributed by atoms with van der Waals surface area (Å²) < 4.78 is 33.5. The second-order valence-electron chi connectivity index (χ2n) is 16.1. The molecule has 0 heterocycles. The molecule has 0 bridgehead atoms. The number of rotatable bonds is 46. The van der Waals surface area contributed by atoms with E-state index < -0.39 is 39.2 Å². The van der Waals surface area contributed by atoms with Gasteiger partial charge in [-0.1, -0.05) is 177 Å². The molecule has 9 nitrogen and oxygen atoms in total. The van der Waals surface area contributed by atoms with E-state index in [1.165, 1.54) is 109 Å². The topological polar surface area (TPSA) is 132 Å². The maximum atomic E-state index is 12.7. The number of carbonyl (C=O) groups excluding carboxylic acids is 1. The smallest absolute Gasteiger partial charge is 0.457 e. The van der Waals surface area contributed by atoms with E-state index in [2.05, 4.69) is 74.6 Å². The second kappa shape index (κ2) is 46.7. The minimum Gasteiger partial charge on any atom is -0.457 e. The summed E-state index contributed by atoms with van der Waals surface area (Å²) in [6.45, 7) is 3.46. The Morgan fingerprint density at radius 3 is 1.38 bits per heavy atom. The van der Waals surface area contributed by atoms with Crippen LogP contribution in [-0.2, 0) is 27.9 Å². The van der Waals surface area contributed by atoms with Gasteiger partial charge >= 0.3 is 13.8 Å². The standard InChI is InChI=1S/C50H91O9P/c1-3-5-7-9-11-13-15-17-19-21-22-23-24-25-27-29-31-33-35-37-39-41-43-56-46-49(47-58-60(54,55)57-45-48(52)44-51)59-50(53)42-40-38-36-34-32-30-28-26-20-18-16-14-12-10-8-6-4-2/h12,14-15,17-18,20-22,24-25,48-49,51-52H,3-11,13,16,19,23,26-47H2,1-2H3,(H,54,55)/b14-12-,17-15-,20-18-,22-21-,25-24-. The average Bonchev–Trinajstić information content (AvgIpc) is 3.24. The van der Waals surface area contributed by atoms with E-state index in [9.17, 15) is 19.4 Å².